The molecular formula is C13H18N4O. The highest BCUT2D eigenvalue weighted by Crippen LogP contribution is 2.26. The van der Waals surface area contributed by atoms with Crippen molar-refractivity contribution in [1.82, 2.24) is 9.88 Å². The summed E-state index contributed by atoms with van der Waals surface area (Å²) in [7, 11) is 0. The second-order valence-electron chi connectivity index (χ2n) is 4.79. The van der Waals surface area contributed by atoms with Crippen molar-refractivity contribution in [2.24, 2.45) is 10.7 Å². The molecule has 1 fully saturated rings. The van der Waals surface area contributed by atoms with E-state index in [-0.39, 0.29) is 12.1 Å². The van der Waals surface area contributed by atoms with Crippen LogP contribution in [0.15, 0.2) is 29.5 Å². The summed E-state index contributed by atoms with van der Waals surface area (Å²) in [5.74, 6) is 0.624. The number of pyridine rings is 1. The first-order valence-corrected chi connectivity index (χ1v) is 6.42. The third kappa shape index (κ3) is 2.18. The van der Waals surface area contributed by atoms with Crippen LogP contribution in [0.5, 0.6) is 0 Å². The Morgan fingerprint density at radius 2 is 2.44 bits per heavy atom. The first-order valence-electron chi connectivity index (χ1n) is 6.42. The average Bonchev–Trinajstić information content (AvgIpc) is 3.03. The van der Waals surface area contributed by atoms with Gasteiger partial charge in [-0.1, -0.05) is 6.07 Å². The number of aliphatic imine (C=N–C) groups is 1. The predicted octanol–water partition coefficient (Wildman–Crippen LogP) is 0.932. The second kappa shape index (κ2) is 4.94. The molecule has 2 aliphatic heterocycles. The zero-order valence-corrected chi connectivity index (χ0v) is 10.3. The van der Waals surface area contributed by atoms with Gasteiger partial charge in [0.2, 0.25) is 0 Å². The molecule has 0 amide bonds. The van der Waals surface area contributed by atoms with Crippen LogP contribution in [0, 0.1) is 0 Å². The molecule has 5 nitrogen and oxygen atoms in total. The van der Waals surface area contributed by atoms with Gasteiger partial charge in [0.25, 0.3) is 0 Å². The number of hydrogen-bond acceptors (Lipinski definition) is 5. The highest BCUT2D eigenvalue weighted by molar-refractivity contribution is 5.80. The van der Waals surface area contributed by atoms with E-state index in [4.69, 9.17) is 10.5 Å². The van der Waals surface area contributed by atoms with Crippen molar-refractivity contribution >= 4 is 5.96 Å². The first kappa shape index (κ1) is 11.5. The molecule has 96 valence electrons. The average molecular weight is 246 g/mol. The van der Waals surface area contributed by atoms with Crippen LogP contribution in [-0.2, 0) is 4.74 Å². The molecule has 0 spiro atoms. The lowest BCUT2D eigenvalue weighted by atomic mass is 10.1. The van der Waals surface area contributed by atoms with Crippen molar-refractivity contribution in [2.75, 3.05) is 19.7 Å². The van der Waals surface area contributed by atoms with Crippen LogP contribution >= 0.6 is 0 Å². The maximum atomic E-state index is 5.98. The van der Waals surface area contributed by atoms with Crippen LogP contribution in [0.4, 0.5) is 0 Å². The summed E-state index contributed by atoms with van der Waals surface area (Å²) in [4.78, 5) is 10.7. The van der Waals surface area contributed by atoms with Crippen molar-refractivity contribution < 1.29 is 4.74 Å². The van der Waals surface area contributed by atoms with Gasteiger partial charge in [-0.15, -0.1) is 0 Å². The van der Waals surface area contributed by atoms with Crippen molar-refractivity contribution in [3.8, 4) is 0 Å². The largest absolute Gasteiger partial charge is 0.376 e. The topological polar surface area (TPSA) is 63.7 Å². The van der Waals surface area contributed by atoms with Crippen LogP contribution < -0.4 is 5.73 Å². The van der Waals surface area contributed by atoms with E-state index >= 15 is 0 Å². The molecule has 2 N–H and O–H groups in total. The maximum Gasteiger partial charge on any atom is 0.192 e. The van der Waals surface area contributed by atoms with Crippen LogP contribution in [0.1, 0.15) is 24.4 Å². The van der Waals surface area contributed by atoms with Gasteiger partial charge >= 0.3 is 0 Å². The molecule has 2 aliphatic rings. The molecule has 1 aromatic rings. The fraction of sp³-hybridized carbons (Fsp3) is 0.538. The number of guanidine groups is 1. The minimum atomic E-state index is 0.211. The SMILES string of the molecule is NC1=NCC(c2cccnc2)N1CC1CCCO1. The van der Waals surface area contributed by atoms with Crippen molar-refractivity contribution in [3.63, 3.8) is 0 Å². The fourth-order valence-corrected chi connectivity index (χ4v) is 2.62. The standard InChI is InChI=1S/C13H18N4O/c14-13-16-8-12(10-3-1-5-15-7-10)17(13)9-11-4-2-6-18-11/h1,3,5,7,11-12H,2,4,6,8-9H2,(H2,14,16). The number of hydrogen-bond donors (Lipinski definition) is 1. The Kier molecular flexibility index (Phi) is 3.15. The molecule has 18 heavy (non-hydrogen) atoms. The first-order chi connectivity index (χ1) is 8.84. The lowest BCUT2D eigenvalue weighted by molar-refractivity contribution is 0.0852. The van der Waals surface area contributed by atoms with Crippen molar-refractivity contribution in [1.29, 1.82) is 0 Å². The van der Waals surface area contributed by atoms with Gasteiger partial charge in [0, 0.05) is 25.5 Å². The summed E-state index contributed by atoms with van der Waals surface area (Å²) >= 11 is 0. The van der Waals surface area contributed by atoms with Gasteiger partial charge in [0.15, 0.2) is 5.96 Å². The number of ether oxygens (including phenoxy) is 1. The molecule has 3 rings (SSSR count). The Balaban J connectivity index is 1.74. The quantitative estimate of drug-likeness (QED) is 0.862. The zero-order valence-electron chi connectivity index (χ0n) is 10.3. The van der Waals surface area contributed by atoms with Gasteiger partial charge in [0.1, 0.15) is 0 Å². The number of aromatic nitrogens is 1. The summed E-state index contributed by atoms with van der Waals surface area (Å²) in [5.41, 5.74) is 7.15. The smallest absolute Gasteiger partial charge is 0.192 e. The summed E-state index contributed by atoms with van der Waals surface area (Å²) in [6.07, 6.45) is 6.22. The highest BCUT2D eigenvalue weighted by Gasteiger charge is 2.30. The molecule has 0 saturated carbocycles. The number of rotatable bonds is 3. The summed E-state index contributed by atoms with van der Waals surface area (Å²) < 4.78 is 5.68. The third-order valence-electron chi connectivity index (χ3n) is 3.59. The van der Waals surface area contributed by atoms with E-state index in [1.807, 2.05) is 12.3 Å². The molecule has 2 unspecified atom stereocenters. The van der Waals surface area contributed by atoms with Gasteiger partial charge in [-0.25, -0.2) is 0 Å². The Bertz CT molecular complexity index is 428. The predicted molar refractivity (Wildman–Crippen MR) is 69.1 cm³/mol. The van der Waals surface area contributed by atoms with Crippen LogP contribution in [-0.4, -0.2) is 41.6 Å². The number of nitrogens with zero attached hydrogens (tertiary/aromatic N) is 3. The third-order valence-corrected chi connectivity index (χ3v) is 3.59. The summed E-state index contributed by atoms with van der Waals surface area (Å²) in [6, 6.07) is 4.24. The molecule has 0 radical (unpaired) electrons. The lowest BCUT2D eigenvalue weighted by Crippen LogP contribution is -2.41. The van der Waals surface area contributed by atoms with Gasteiger partial charge in [-0.05, 0) is 24.5 Å². The molecule has 2 atom stereocenters. The zero-order chi connectivity index (χ0) is 12.4. The van der Waals surface area contributed by atoms with E-state index in [0.29, 0.717) is 12.5 Å². The van der Waals surface area contributed by atoms with Crippen LogP contribution in [0.3, 0.4) is 0 Å². The monoisotopic (exact) mass is 246 g/mol. The minimum absolute atomic E-state index is 0.211. The van der Waals surface area contributed by atoms with Gasteiger partial charge < -0.3 is 15.4 Å². The van der Waals surface area contributed by atoms with Crippen LogP contribution in [0.2, 0.25) is 0 Å². The van der Waals surface area contributed by atoms with E-state index in [1.165, 1.54) is 5.56 Å². The highest BCUT2D eigenvalue weighted by atomic mass is 16.5. The molecule has 1 aromatic heterocycles. The van der Waals surface area contributed by atoms with Crippen LogP contribution in [0.25, 0.3) is 0 Å². The van der Waals surface area contributed by atoms with E-state index in [1.54, 1.807) is 6.20 Å². The molecule has 1 saturated heterocycles. The molecule has 5 heteroatoms. The minimum Gasteiger partial charge on any atom is -0.376 e. The van der Waals surface area contributed by atoms with Crippen molar-refractivity contribution in [3.05, 3.63) is 30.1 Å². The summed E-state index contributed by atoms with van der Waals surface area (Å²) in [5, 5.41) is 0. The Morgan fingerprint density at radius 1 is 1.50 bits per heavy atom. The maximum absolute atomic E-state index is 5.98. The van der Waals surface area contributed by atoms with Gasteiger partial charge in [0.05, 0.1) is 18.7 Å². The summed E-state index contributed by atoms with van der Waals surface area (Å²) in [6.45, 7) is 2.41. The van der Waals surface area contributed by atoms with E-state index in [0.717, 1.165) is 26.0 Å². The van der Waals surface area contributed by atoms with Gasteiger partial charge in [-0.2, -0.15) is 0 Å². The molecule has 0 aliphatic carbocycles. The van der Waals surface area contributed by atoms with E-state index in [9.17, 15) is 0 Å². The molecular weight excluding hydrogens is 228 g/mol. The lowest BCUT2D eigenvalue weighted by Gasteiger charge is -2.28. The fourth-order valence-electron chi connectivity index (χ4n) is 2.62. The Labute approximate surface area is 107 Å². The Morgan fingerprint density at radius 3 is 3.17 bits per heavy atom. The van der Waals surface area contributed by atoms with Gasteiger partial charge in [-0.3, -0.25) is 9.98 Å². The number of nitrogens with two attached hydrogens (primary N) is 1. The molecule has 0 bridgehead atoms. The normalized spacial score (nSPS) is 27.6. The van der Waals surface area contributed by atoms with E-state index in [2.05, 4.69) is 20.9 Å². The van der Waals surface area contributed by atoms with Crippen molar-refractivity contribution in [2.45, 2.75) is 25.0 Å². The van der Waals surface area contributed by atoms with E-state index < -0.39 is 0 Å². The molecule has 0 aromatic carbocycles. The Hall–Kier alpha value is -1.62. The second-order valence-corrected chi connectivity index (χ2v) is 4.79. The molecule has 3 heterocycles.